The lowest BCUT2D eigenvalue weighted by Crippen LogP contribution is -3.00. The molecule has 0 N–H and O–H groups in total. The molecule has 0 aromatic heterocycles. The summed E-state index contributed by atoms with van der Waals surface area (Å²) in [6, 6.07) is 10.5. The van der Waals surface area contributed by atoms with Gasteiger partial charge in [-0.2, -0.15) is 0 Å². The molecule has 80 valence electrons. The van der Waals surface area contributed by atoms with Crippen LogP contribution in [0.3, 0.4) is 0 Å². The highest BCUT2D eigenvalue weighted by Gasteiger charge is 2.15. The van der Waals surface area contributed by atoms with E-state index in [1.54, 1.807) is 0 Å². The third kappa shape index (κ3) is 3.20. The number of nitrogens with zero attached hydrogens (tertiary/aromatic N) is 2. The van der Waals surface area contributed by atoms with Crippen LogP contribution in [0.2, 0.25) is 0 Å². The fourth-order valence-electron chi connectivity index (χ4n) is 1.65. The van der Waals surface area contributed by atoms with Crippen LogP contribution in [-0.2, 0) is 6.54 Å². The summed E-state index contributed by atoms with van der Waals surface area (Å²) in [5, 5.41) is 0. The molecule has 2 rings (SSSR count). The van der Waals surface area contributed by atoms with Gasteiger partial charge in [0.2, 0.25) is 6.34 Å². The van der Waals surface area contributed by atoms with Crippen molar-refractivity contribution in [2.45, 2.75) is 6.54 Å². The molecule has 0 aliphatic carbocycles. The fourth-order valence-corrected chi connectivity index (χ4v) is 1.65. The number of halogens is 1. The highest BCUT2D eigenvalue weighted by Crippen LogP contribution is 2.03. The summed E-state index contributed by atoms with van der Waals surface area (Å²) >= 11 is 0. The first-order valence-corrected chi connectivity index (χ1v) is 4.90. The first kappa shape index (κ1) is 12.0. The van der Waals surface area contributed by atoms with Gasteiger partial charge in [0, 0.05) is 0 Å². The van der Waals surface area contributed by atoms with Crippen molar-refractivity contribution in [3.8, 4) is 0 Å². The summed E-state index contributed by atoms with van der Waals surface area (Å²) in [6.45, 7) is 6.88. The van der Waals surface area contributed by atoms with Crippen LogP contribution in [0.4, 0.5) is 0 Å². The molecule has 0 atom stereocenters. The number of hydrogen-bond acceptors (Lipinski definition) is 1. The summed E-state index contributed by atoms with van der Waals surface area (Å²) in [5.41, 5.74) is 1.36. The van der Waals surface area contributed by atoms with E-state index < -0.39 is 0 Å². The van der Waals surface area contributed by atoms with Gasteiger partial charge >= 0.3 is 0 Å². The summed E-state index contributed by atoms with van der Waals surface area (Å²) in [5.74, 6) is 0. The molecule has 1 aliphatic heterocycles. The zero-order valence-corrected chi connectivity index (χ0v) is 10.2. The minimum Gasteiger partial charge on any atom is -1.00 e. The smallest absolute Gasteiger partial charge is 0.239 e. The van der Waals surface area contributed by atoms with E-state index in [9.17, 15) is 0 Å². The molecule has 15 heavy (non-hydrogen) atoms. The van der Waals surface area contributed by atoms with E-state index in [0.29, 0.717) is 0 Å². The van der Waals surface area contributed by atoms with Gasteiger partial charge in [-0.15, -0.1) is 0 Å². The van der Waals surface area contributed by atoms with E-state index in [1.165, 1.54) is 5.56 Å². The zero-order valence-electron chi connectivity index (χ0n) is 8.64. The molecular weight excluding hydrogens is 252 g/mol. The standard InChI is InChI=1S/C12H15N2.BrH/c1-2-13-8-9-14(11-13)10-12-6-4-3-5-7-12;/h2-7,11H,1,8-10H2;1H/q+1;/p-1. The molecule has 0 bridgehead atoms. The molecule has 3 heteroatoms. The number of hydrogen-bond donors (Lipinski definition) is 0. The summed E-state index contributed by atoms with van der Waals surface area (Å²) in [4.78, 5) is 2.11. The Morgan fingerprint density at radius 1 is 1.33 bits per heavy atom. The molecule has 1 aromatic rings. The Kier molecular flexibility index (Phi) is 4.56. The minimum atomic E-state index is 0. The number of benzene rings is 1. The lowest BCUT2D eigenvalue weighted by atomic mass is 10.2. The van der Waals surface area contributed by atoms with E-state index in [4.69, 9.17) is 0 Å². The van der Waals surface area contributed by atoms with Crippen LogP contribution in [0.5, 0.6) is 0 Å². The van der Waals surface area contributed by atoms with Crippen LogP contribution in [-0.4, -0.2) is 28.9 Å². The second-order valence-corrected chi connectivity index (χ2v) is 3.49. The van der Waals surface area contributed by atoms with Crippen LogP contribution in [0.15, 0.2) is 43.1 Å². The Bertz CT molecular complexity index is 346. The highest BCUT2D eigenvalue weighted by atomic mass is 79.9. The Labute approximate surface area is 101 Å². The van der Waals surface area contributed by atoms with E-state index in [-0.39, 0.29) is 17.0 Å². The largest absolute Gasteiger partial charge is 1.00 e. The van der Waals surface area contributed by atoms with Crippen molar-refractivity contribution in [1.82, 2.24) is 4.90 Å². The maximum Gasteiger partial charge on any atom is 0.239 e. The molecule has 1 heterocycles. The van der Waals surface area contributed by atoms with E-state index in [0.717, 1.165) is 19.6 Å². The molecule has 0 spiro atoms. The van der Waals surface area contributed by atoms with Crippen molar-refractivity contribution in [3.63, 3.8) is 0 Å². The molecule has 1 aromatic carbocycles. The van der Waals surface area contributed by atoms with Crippen LogP contribution in [0, 0.1) is 0 Å². The third-order valence-electron chi connectivity index (χ3n) is 2.42. The van der Waals surface area contributed by atoms with Crippen molar-refractivity contribution >= 4 is 6.34 Å². The molecule has 0 unspecified atom stereocenters. The van der Waals surface area contributed by atoms with E-state index >= 15 is 0 Å². The average molecular weight is 267 g/mol. The summed E-state index contributed by atoms with van der Waals surface area (Å²) < 4.78 is 2.30. The van der Waals surface area contributed by atoms with Crippen molar-refractivity contribution in [1.29, 1.82) is 0 Å². The SMILES string of the molecule is C=CN1C=[N+](Cc2ccccc2)CC1.[Br-]. The molecule has 0 saturated heterocycles. The second-order valence-electron chi connectivity index (χ2n) is 3.49. The normalized spacial score (nSPS) is 14.4. The minimum absolute atomic E-state index is 0. The van der Waals surface area contributed by atoms with Gasteiger partial charge in [-0.1, -0.05) is 36.9 Å². The lowest BCUT2D eigenvalue weighted by molar-refractivity contribution is -0.530. The first-order chi connectivity index (χ1) is 6.88. The fraction of sp³-hybridized carbons (Fsp3) is 0.250. The quantitative estimate of drug-likeness (QED) is 0.616. The van der Waals surface area contributed by atoms with Gasteiger partial charge in [0.15, 0.2) is 0 Å². The van der Waals surface area contributed by atoms with Crippen molar-refractivity contribution < 1.29 is 21.6 Å². The van der Waals surface area contributed by atoms with Gasteiger partial charge in [-0.25, -0.2) is 4.90 Å². The van der Waals surface area contributed by atoms with Crippen molar-refractivity contribution in [2.75, 3.05) is 13.1 Å². The van der Waals surface area contributed by atoms with E-state index in [1.807, 2.05) is 12.3 Å². The number of rotatable bonds is 3. The molecular formula is C12H15BrN2. The third-order valence-corrected chi connectivity index (χ3v) is 2.42. The molecule has 1 aliphatic rings. The Balaban J connectivity index is 0.00000112. The van der Waals surface area contributed by atoms with Crippen molar-refractivity contribution in [2.24, 2.45) is 0 Å². The molecule has 0 amide bonds. The molecule has 0 radical (unpaired) electrons. The maximum atomic E-state index is 3.75. The van der Waals surface area contributed by atoms with E-state index in [2.05, 4.69) is 46.7 Å². The van der Waals surface area contributed by atoms with Gasteiger partial charge in [-0.05, 0) is 5.56 Å². The van der Waals surface area contributed by atoms with Crippen LogP contribution >= 0.6 is 0 Å². The predicted octanol–water partition coefficient (Wildman–Crippen LogP) is -1.31. The van der Waals surface area contributed by atoms with Crippen LogP contribution in [0.1, 0.15) is 5.56 Å². The van der Waals surface area contributed by atoms with Crippen LogP contribution < -0.4 is 17.0 Å². The lowest BCUT2D eigenvalue weighted by Gasteiger charge is -1.99. The monoisotopic (exact) mass is 266 g/mol. The molecule has 0 saturated carbocycles. The zero-order chi connectivity index (χ0) is 9.80. The maximum absolute atomic E-state index is 3.75. The first-order valence-electron chi connectivity index (χ1n) is 4.90. The Morgan fingerprint density at radius 2 is 2.07 bits per heavy atom. The topological polar surface area (TPSA) is 6.25 Å². The second kappa shape index (κ2) is 5.71. The van der Waals surface area contributed by atoms with Gasteiger partial charge in [0.05, 0.1) is 6.20 Å². The van der Waals surface area contributed by atoms with Crippen molar-refractivity contribution in [3.05, 3.63) is 48.7 Å². The predicted molar refractivity (Wildman–Crippen MR) is 58.2 cm³/mol. The Hall–Kier alpha value is -1.09. The molecule has 0 fully saturated rings. The Morgan fingerprint density at radius 3 is 2.67 bits per heavy atom. The van der Waals surface area contributed by atoms with Gasteiger partial charge in [0.25, 0.3) is 0 Å². The van der Waals surface area contributed by atoms with Gasteiger partial charge in [-0.3, -0.25) is 4.58 Å². The van der Waals surface area contributed by atoms with Crippen LogP contribution in [0.25, 0.3) is 0 Å². The molecule has 2 nitrogen and oxygen atoms in total. The van der Waals surface area contributed by atoms with Gasteiger partial charge < -0.3 is 17.0 Å². The highest BCUT2D eigenvalue weighted by molar-refractivity contribution is 5.52. The van der Waals surface area contributed by atoms with Gasteiger partial charge in [0.1, 0.15) is 19.6 Å². The summed E-state index contributed by atoms with van der Waals surface area (Å²) in [7, 11) is 0. The summed E-state index contributed by atoms with van der Waals surface area (Å²) in [6.07, 6.45) is 3.99. The average Bonchev–Trinajstić information content (AvgIpc) is 2.67.